The lowest BCUT2D eigenvalue weighted by Crippen LogP contribution is -2.32. The second kappa shape index (κ2) is 14.5. The van der Waals surface area contributed by atoms with E-state index in [0.717, 1.165) is 24.5 Å². The summed E-state index contributed by atoms with van der Waals surface area (Å²) in [6.45, 7) is 3.01. The molecule has 5 rings (SSSR count). The number of hydrogen-bond donors (Lipinski definition) is 3. The molecule has 0 aliphatic rings. The quantitative estimate of drug-likeness (QED) is 0.139. The van der Waals surface area contributed by atoms with Crippen molar-refractivity contribution in [1.29, 1.82) is 0 Å². The van der Waals surface area contributed by atoms with Crippen LogP contribution in [0, 0.1) is 23.5 Å². The number of nitrogens with zero attached hydrogens (tertiary/aromatic N) is 3. The van der Waals surface area contributed by atoms with Gasteiger partial charge in [-0.05, 0) is 73.7 Å². The normalized spacial score (nSPS) is 12.4. The van der Waals surface area contributed by atoms with Crippen molar-refractivity contribution in [3.8, 4) is 23.0 Å². The minimum atomic E-state index is -3.74. The molecule has 50 heavy (non-hydrogen) atoms. The molecule has 3 N–H and O–H groups in total. The number of benzene rings is 3. The third-order valence-electron chi connectivity index (χ3n) is 7.34. The van der Waals surface area contributed by atoms with Crippen molar-refractivity contribution in [2.24, 2.45) is 7.05 Å². The van der Waals surface area contributed by atoms with Crippen molar-refractivity contribution in [2.45, 2.75) is 38.3 Å². The largest absolute Gasteiger partial charge is 0.378 e. The topological polar surface area (TPSA) is 126 Å². The second-order valence-corrected chi connectivity index (χ2v) is 15.0. The molecule has 2 aromatic heterocycles. The highest BCUT2D eigenvalue weighted by Gasteiger charge is 2.26. The lowest BCUT2D eigenvalue weighted by molar-refractivity contribution is -0.121. The van der Waals surface area contributed by atoms with E-state index < -0.39 is 39.2 Å². The Balaban J connectivity index is 1.74. The van der Waals surface area contributed by atoms with Crippen LogP contribution in [0.2, 0.25) is 15.1 Å². The summed E-state index contributed by atoms with van der Waals surface area (Å²) in [5.74, 6) is 3.43. The summed E-state index contributed by atoms with van der Waals surface area (Å²) in [5, 5.41) is 18.6. The molecule has 0 fully saturated rings. The zero-order chi connectivity index (χ0) is 36.5. The van der Waals surface area contributed by atoms with Crippen LogP contribution in [0.1, 0.15) is 42.4 Å². The molecule has 5 aromatic rings. The fourth-order valence-electron chi connectivity index (χ4n) is 5.38. The van der Waals surface area contributed by atoms with Crippen LogP contribution in [0.25, 0.3) is 22.0 Å². The molecule has 0 unspecified atom stereocenters. The Labute approximate surface area is 302 Å². The lowest BCUT2D eigenvalue weighted by Gasteiger charge is -2.23. The smallest absolute Gasteiger partial charge is 0.231 e. The molecule has 260 valence electrons. The van der Waals surface area contributed by atoms with Gasteiger partial charge in [0.1, 0.15) is 22.9 Å². The Morgan fingerprint density at radius 3 is 2.36 bits per heavy atom. The molecular weight excluding hydrogens is 731 g/mol. The number of aromatic nitrogens is 3. The van der Waals surface area contributed by atoms with Gasteiger partial charge in [0.15, 0.2) is 5.82 Å². The Hall–Kier alpha value is -4.25. The van der Waals surface area contributed by atoms with Gasteiger partial charge in [-0.25, -0.2) is 22.2 Å². The van der Waals surface area contributed by atoms with E-state index in [1.165, 1.54) is 18.5 Å². The molecular formula is C35H30Cl3F2N5O4S. The van der Waals surface area contributed by atoms with Crippen LogP contribution < -0.4 is 10.0 Å². The number of pyridine rings is 1. The summed E-state index contributed by atoms with van der Waals surface area (Å²) >= 11 is 19.1. The second-order valence-electron chi connectivity index (χ2n) is 12.1. The Kier molecular flexibility index (Phi) is 10.8. The number of rotatable bonds is 9. The molecule has 2 heterocycles. The van der Waals surface area contributed by atoms with E-state index >= 15 is 0 Å². The SMILES string of the molecule is Cn1nc(NS(C)(=O)=O)c2c(Cl)ccc(-c3ccc(C#CC(C)(C)O)nc3[C@H](Cc3cc(F)cc(F)c3)NC(=O)Cc3cccc(Cl)c3Cl)c21. The molecule has 0 bridgehead atoms. The number of anilines is 1. The first-order chi connectivity index (χ1) is 23.4. The van der Waals surface area contributed by atoms with Crippen LogP contribution in [0.15, 0.2) is 60.7 Å². The number of halogens is 5. The third-order valence-corrected chi connectivity index (χ3v) is 9.08. The van der Waals surface area contributed by atoms with Gasteiger partial charge in [-0.2, -0.15) is 5.10 Å². The summed E-state index contributed by atoms with van der Waals surface area (Å²) in [4.78, 5) is 18.5. The van der Waals surface area contributed by atoms with E-state index in [2.05, 4.69) is 27.0 Å². The van der Waals surface area contributed by atoms with Crippen molar-refractivity contribution in [1.82, 2.24) is 20.1 Å². The first-order valence-corrected chi connectivity index (χ1v) is 18.0. The van der Waals surface area contributed by atoms with E-state index in [1.54, 1.807) is 49.5 Å². The standard InChI is InChI=1S/C35H30Cl3F2N5O4S/c1-35(2,47)13-12-23-8-9-24(25-10-11-26(36)30-33(25)45(3)43-34(30)44-50(4,48)49)32(41-23)28(16-19-14-21(39)18-22(40)15-19)42-29(46)17-20-6-5-7-27(37)31(20)38/h5-11,14-15,18,28,47H,16-17H2,1-4H3,(H,42,46)(H,43,44)/t28-/m0/s1. The maximum Gasteiger partial charge on any atom is 0.231 e. The maximum absolute atomic E-state index is 14.4. The zero-order valence-electron chi connectivity index (χ0n) is 27.1. The number of aryl methyl sites for hydroxylation is 1. The van der Waals surface area contributed by atoms with E-state index in [0.29, 0.717) is 27.6 Å². The highest BCUT2D eigenvalue weighted by Crippen LogP contribution is 2.40. The van der Waals surface area contributed by atoms with Crippen LogP contribution in [0.4, 0.5) is 14.6 Å². The molecule has 3 aromatic carbocycles. The molecule has 0 radical (unpaired) electrons. The molecule has 15 heteroatoms. The fraction of sp³-hybridized carbons (Fsp3) is 0.229. The highest BCUT2D eigenvalue weighted by atomic mass is 35.5. The van der Waals surface area contributed by atoms with Crippen LogP contribution in [-0.4, -0.2) is 46.1 Å². The van der Waals surface area contributed by atoms with E-state index in [1.807, 2.05) is 0 Å². The molecule has 0 aliphatic carbocycles. The van der Waals surface area contributed by atoms with E-state index in [9.17, 15) is 27.1 Å². The summed E-state index contributed by atoms with van der Waals surface area (Å²) < 4.78 is 57.0. The number of carbonyl (C=O) groups excluding carboxylic acids is 1. The van der Waals surface area contributed by atoms with Gasteiger partial charge in [-0.15, -0.1) is 0 Å². The minimum absolute atomic E-state index is 0.00230. The molecule has 1 atom stereocenters. The molecule has 9 nitrogen and oxygen atoms in total. The number of fused-ring (bicyclic) bond motifs is 1. The summed E-state index contributed by atoms with van der Waals surface area (Å²) in [6.07, 6.45) is 0.684. The van der Waals surface area contributed by atoms with E-state index in [4.69, 9.17) is 39.8 Å². The maximum atomic E-state index is 14.4. The predicted octanol–water partition coefficient (Wildman–Crippen LogP) is 7.01. The van der Waals surface area contributed by atoms with Gasteiger partial charge in [-0.3, -0.25) is 14.2 Å². The van der Waals surface area contributed by atoms with Gasteiger partial charge in [0.2, 0.25) is 15.9 Å². The first-order valence-electron chi connectivity index (χ1n) is 15.0. The Bertz CT molecular complexity index is 2300. The fourth-order valence-corrected chi connectivity index (χ4v) is 6.50. The average molecular weight is 761 g/mol. The highest BCUT2D eigenvalue weighted by molar-refractivity contribution is 7.92. The number of carbonyl (C=O) groups is 1. The molecule has 0 aliphatic heterocycles. The number of nitrogens with one attached hydrogen (secondary N) is 2. The monoisotopic (exact) mass is 759 g/mol. The Morgan fingerprint density at radius 2 is 1.70 bits per heavy atom. The van der Waals surface area contributed by atoms with Gasteiger partial charge in [-0.1, -0.05) is 58.9 Å². The summed E-state index contributed by atoms with van der Waals surface area (Å²) in [5.41, 5.74) is 1.14. The van der Waals surface area contributed by atoms with E-state index in [-0.39, 0.29) is 50.7 Å². The van der Waals surface area contributed by atoms with Crippen molar-refractivity contribution in [3.05, 3.63) is 110 Å². The average Bonchev–Trinajstić information content (AvgIpc) is 3.32. The van der Waals surface area contributed by atoms with Crippen LogP contribution in [0.5, 0.6) is 0 Å². The van der Waals surface area contributed by atoms with Crippen molar-refractivity contribution >= 4 is 67.5 Å². The van der Waals surface area contributed by atoms with Gasteiger partial charge in [0.25, 0.3) is 0 Å². The summed E-state index contributed by atoms with van der Waals surface area (Å²) in [6, 6.07) is 13.5. The van der Waals surface area contributed by atoms with Gasteiger partial charge < -0.3 is 10.4 Å². The van der Waals surface area contributed by atoms with Crippen molar-refractivity contribution < 1.29 is 27.1 Å². The lowest BCUT2D eigenvalue weighted by atomic mass is 9.93. The molecule has 0 saturated carbocycles. The first kappa shape index (κ1) is 37.0. The number of amides is 1. The third kappa shape index (κ3) is 8.91. The van der Waals surface area contributed by atoms with Crippen LogP contribution in [-0.2, 0) is 34.7 Å². The Morgan fingerprint density at radius 1 is 1.02 bits per heavy atom. The number of aliphatic hydroxyl groups is 1. The van der Waals surface area contributed by atoms with Gasteiger partial charge >= 0.3 is 0 Å². The summed E-state index contributed by atoms with van der Waals surface area (Å²) in [7, 11) is -2.13. The number of sulfonamides is 1. The number of hydrogen-bond acceptors (Lipinski definition) is 6. The predicted molar refractivity (Wildman–Crippen MR) is 192 cm³/mol. The van der Waals surface area contributed by atoms with Gasteiger partial charge in [0, 0.05) is 24.2 Å². The zero-order valence-corrected chi connectivity index (χ0v) is 30.2. The minimum Gasteiger partial charge on any atom is -0.378 e. The molecule has 0 spiro atoms. The molecule has 1 amide bonds. The van der Waals surface area contributed by atoms with Crippen molar-refractivity contribution in [2.75, 3.05) is 11.0 Å². The van der Waals surface area contributed by atoms with Crippen LogP contribution in [0.3, 0.4) is 0 Å². The molecule has 0 saturated heterocycles. The van der Waals surface area contributed by atoms with Crippen LogP contribution >= 0.6 is 34.8 Å². The van der Waals surface area contributed by atoms with Crippen molar-refractivity contribution in [3.63, 3.8) is 0 Å². The van der Waals surface area contributed by atoms with Gasteiger partial charge in [0.05, 0.1) is 50.4 Å².